The van der Waals surface area contributed by atoms with Gasteiger partial charge in [0.25, 0.3) is 0 Å². The first-order chi connectivity index (χ1) is 33.9. The molecule has 15 unspecified atom stereocenters. The molecule has 0 aromatic carbocycles. The summed E-state index contributed by atoms with van der Waals surface area (Å²) in [6.45, 7) is 35.6. The van der Waals surface area contributed by atoms with Crippen molar-refractivity contribution >= 4 is 0 Å². The van der Waals surface area contributed by atoms with Crippen LogP contribution in [-0.2, 0) is 0 Å². The van der Waals surface area contributed by atoms with E-state index in [4.69, 9.17) is 0 Å². The lowest BCUT2D eigenvalue weighted by Crippen LogP contribution is -2.91. The summed E-state index contributed by atoms with van der Waals surface area (Å²) < 4.78 is 0. The zero-order chi connectivity index (χ0) is 49.1. The van der Waals surface area contributed by atoms with E-state index in [0.717, 1.165) is 124 Å². The van der Waals surface area contributed by atoms with Crippen LogP contribution >= 0.6 is 0 Å². The summed E-state index contributed by atoms with van der Waals surface area (Å²) in [4.78, 5) is 0. The van der Waals surface area contributed by atoms with Crippen LogP contribution in [0.1, 0.15) is 256 Å². The first-order valence-corrected chi connectivity index (χ1v) is 33.9. The van der Waals surface area contributed by atoms with E-state index in [0.29, 0.717) is 37.9 Å². The molecule has 0 amide bonds. The Balaban J connectivity index is 0.877. The molecule has 398 valence electrons. The van der Waals surface area contributed by atoms with Crippen LogP contribution < -0.4 is 0 Å². The molecule has 0 N–H and O–H groups in total. The summed E-state index contributed by atoms with van der Waals surface area (Å²) in [5, 5.41) is 0. The predicted molar refractivity (Wildman–Crippen MR) is 294 cm³/mol. The van der Waals surface area contributed by atoms with Crippen molar-refractivity contribution in [2.75, 3.05) is 0 Å². The van der Waals surface area contributed by atoms with Gasteiger partial charge in [0, 0.05) is 0 Å². The fourth-order valence-electron chi connectivity index (χ4n) is 38.0. The lowest BCUT2D eigenvalue weighted by atomic mass is 9.07. The molecule has 0 saturated heterocycles. The van der Waals surface area contributed by atoms with Crippen molar-refractivity contribution in [1.82, 2.24) is 0 Å². The van der Waals surface area contributed by atoms with E-state index in [1.165, 1.54) is 6.42 Å². The van der Waals surface area contributed by atoms with Gasteiger partial charge in [-0.2, -0.15) is 0 Å². The lowest BCUT2D eigenvalue weighted by Gasteiger charge is -2.96. The molecule has 72 heavy (non-hydrogen) atoms. The fourth-order valence-corrected chi connectivity index (χ4v) is 38.0. The third-order valence-corrected chi connectivity index (χ3v) is 37.1. The van der Waals surface area contributed by atoms with Gasteiger partial charge in [-0.25, -0.2) is 0 Å². The van der Waals surface area contributed by atoms with Crippen molar-refractivity contribution in [3.05, 3.63) is 0 Å². The van der Waals surface area contributed by atoms with Crippen molar-refractivity contribution < 1.29 is 0 Å². The highest BCUT2D eigenvalue weighted by Gasteiger charge is 2.94. The van der Waals surface area contributed by atoms with E-state index in [9.17, 15) is 0 Å². The van der Waals surface area contributed by atoms with Crippen LogP contribution in [0.2, 0.25) is 0 Å². The van der Waals surface area contributed by atoms with Crippen LogP contribution in [0.5, 0.6) is 0 Å². The Labute approximate surface area is 443 Å². The average molecular weight is 976 g/mol. The molecule has 24 rings (SSSR count). The number of hydrogen-bond donors (Lipinski definition) is 0. The van der Waals surface area contributed by atoms with Gasteiger partial charge < -0.3 is 0 Å². The summed E-state index contributed by atoms with van der Waals surface area (Å²) in [5.74, 6) is 21.1. The highest BCUT2D eigenvalue weighted by molar-refractivity contribution is 5.42. The van der Waals surface area contributed by atoms with E-state index >= 15 is 0 Å². The molecule has 24 aliphatic carbocycles. The maximum Gasteiger partial charge on any atom is -0.00934 e. The normalized spacial score (nSPS) is 68.8. The van der Waals surface area contributed by atoms with Crippen LogP contribution in [0.3, 0.4) is 0 Å². The SMILES string of the molecule is CC1C2(C)C(C)(C)C3(C)CC(C)(C2(C)C)C(C)(C)C1(C12CC4CC(CC(C4)C1C14CC5CC(CC(C5)C1C15CC6CC(CC(C6)C1C16CC7CC(CC(C7)C1C17CC8CC(CC(C8)C1)C7)C6)C5)C4)C2)C3(C)C. The van der Waals surface area contributed by atoms with Crippen molar-refractivity contribution in [2.45, 2.75) is 256 Å². The Hall–Kier alpha value is 0. The van der Waals surface area contributed by atoms with E-state index in [2.05, 4.69) is 83.1 Å². The quantitative estimate of drug-likeness (QED) is 0.258. The fraction of sp³-hybridized carbons (Fsp3) is 1.00. The summed E-state index contributed by atoms with van der Waals surface area (Å²) >= 11 is 0. The zero-order valence-corrected chi connectivity index (χ0v) is 49.1. The standard InChI is InChI=1S/C72H110/c1-40-66(12)60(2,3)64(10)39-65(11,61(66,4)5)63(8,9)72(40,62(64,6)7)71-37-50-19-51(38-71)27-55(26-50)59(71)70-35-48-18-49(36-70)25-54(24-48)58(70)69-33-46-17-47(34-69)23-53(22-46)57(69)68-31-44-16-45(32-68)21-52(20-44)56(68)67-28-41-13-42(29-67)15-43(14-41)30-67/h40-59H,13-39H2,1-12H3. The molecule has 24 aliphatic rings. The molecule has 24 saturated carbocycles. The van der Waals surface area contributed by atoms with Gasteiger partial charge in [-0.3, -0.25) is 0 Å². The molecule has 0 aromatic rings. The summed E-state index contributed by atoms with van der Waals surface area (Å²) in [7, 11) is 0. The first-order valence-electron chi connectivity index (χ1n) is 33.9. The monoisotopic (exact) mass is 975 g/mol. The minimum atomic E-state index is 0.275. The Morgan fingerprint density at radius 3 is 0.917 bits per heavy atom. The van der Waals surface area contributed by atoms with Crippen molar-refractivity contribution in [3.63, 3.8) is 0 Å². The Kier molecular flexibility index (Phi) is 8.13. The lowest BCUT2D eigenvalue weighted by molar-refractivity contribution is -0.494. The largest absolute Gasteiger partial charge is 0.0614 e. The highest BCUT2D eigenvalue weighted by Crippen LogP contribution is 3.00. The van der Waals surface area contributed by atoms with E-state index in [1.807, 2.05) is 0 Å². The number of rotatable bonds is 5. The molecule has 0 spiro atoms. The van der Waals surface area contributed by atoms with Crippen molar-refractivity contribution in [3.8, 4) is 0 Å². The minimum absolute atomic E-state index is 0.275. The molecule has 24 bridgehead atoms. The molecule has 24 fully saturated rings. The Morgan fingerprint density at radius 1 is 0.278 bits per heavy atom. The van der Waals surface area contributed by atoms with Gasteiger partial charge in [0.1, 0.15) is 0 Å². The van der Waals surface area contributed by atoms with Gasteiger partial charge in [0.2, 0.25) is 0 Å². The van der Waals surface area contributed by atoms with Gasteiger partial charge in [-0.1, -0.05) is 83.1 Å². The predicted octanol–water partition coefficient (Wildman–Crippen LogP) is 19.1. The first kappa shape index (κ1) is 45.8. The molecular weight excluding hydrogens is 865 g/mol. The van der Waals surface area contributed by atoms with Crippen LogP contribution in [0.4, 0.5) is 0 Å². The average Bonchev–Trinajstić information content (AvgIpc) is 3.25. The highest BCUT2D eigenvalue weighted by atomic mass is 15.0. The second-order valence-electron chi connectivity index (χ2n) is 38.5. The Bertz CT molecular complexity index is 2270. The zero-order valence-electron chi connectivity index (χ0n) is 49.1. The van der Waals surface area contributed by atoms with Crippen LogP contribution in [0.15, 0.2) is 0 Å². The van der Waals surface area contributed by atoms with Crippen molar-refractivity contribution in [1.29, 1.82) is 0 Å². The summed E-state index contributed by atoms with van der Waals surface area (Å²) in [5.41, 5.74) is 5.51. The number of hydrogen-bond acceptors (Lipinski definition) is 0. The molecule has 0 nitrogen and oxygen atoms in total. The van der Waals surface area contributed by atoms with Gasteiger partial charge in [-0.15, -0.1) is 0 Å². The van der Waals surface area contributed by atoms with Crippen LogP contribution in [-0.4, -0.2) is 0 Å². The van der Waals surface area contributed by atoms with Crippen LogP contribution in [0, 0.1) is 189 Å². The molecule has 0 aromatic heterocycles. The third kappa shape index (κ3) is 4.31. The maximum absolute atomic E-state index is 3.05. The minimum Gasteiger partial charge on any atom is -0.0614 e. The second kappa shape index (κ2) is 12.8. The molecule has 15 atom stereocenters. The third-order valence-electron chi connectivity index (χ3n) is 37.1. The summed E-state index contributed by atoms with van der Waals surface area (Å²) in [6.07, 6.45) is 45.2. The van der Waals surface area contributed by atoms with Crippen molar-refractivity contribution in [2.24, 2.45) is 189 Å². The molecule has 0 aliphatic heterocycles. The molecule has 0 radical (unpaired) electrons. The molecular formula is C72H110. The second-order valence-corrected chi connectivity index (χ2v) is 38.5. The van der Waals surface area contributed by atoms with Gasteiger partial charge in [-0.05, 0) is 362 Å². The molecule has 0 heteroatoms. The smallest absolute Gasteiger partial charge is 0.00934 e. The molecule has 0 heterocycles. The Morgan fingerprint density at radius 2 is 0.556 bits per heavy atom. The van der Waals surface area contributed by atoms with E-state index in [1.54, 1.807) is 167 Å². The van der Waals surface area contributed by atoms with E-state index in [-0.39, 0.29) is 27.1 Å². The van der Waals surface area contributed by atoms with Gasteiger partial charge in [0.15, 0.2) is 0 Å². The van der Waals surface area contributed by atoms with Gasteiger partial charge >= 0.3 is 0 Å². The maximum atomic E-state index is 3.05. The summed E-state index contributed by atoms with van der Waals surface area (Å²) in [6, 6.07) is 0. The van der Waals surface area contributed by atoms with E-state index < -0.39 is 0 Å². The van der Waals surface area contributed by atoms with Crippen LogP contribution in [0.25, 0.3) is 0 Å². The topological polar surface area (TPSA) is 0 Å². The van der Waals surface area contributed by atoms with Gasteiger partial charge in [0.05, 0.1) is 0 Å².